The van der Waals surface area contributed by atoms with Crippen molar-refractivity contribution < 1.29 is 4.79 Å². The first-order valence-electron chi connectivity index (χ1n) is 4.96. The molecule has 80 valence electrons. The molecule has 1 aromatic rings. The largest absolute Gasteiger partial charge is 0.339 e. The Balaban J connectivity index is 2.21. The molecule has 0 aliphatic carbocycles. The standard InChI is InChI=1S/C11H12ClNOS/c12-9-7-8(3-4-10(9)15)11(14)13-5-1-2-6-13/h3-4,7,15H,1-2,5-6H2. The van der Waals surface area contributed by atoms with Crippen molar-refractivity contribution in [1.82, 2.24) is 4.90 Å². The summed E-state index contributed by atoms with van der Waals surface area (Å²) in [6.07, 6.45) is 2.20. The summed E-state index contributed by atoms with van der Waals surface area (Å²) in [5.74, 6) is 0.0720. The first-order valence-corrected chi connectivity index (χ1v) is 5.79. The van der Waals surface area contributed by atoms with Gasteiger partial charge in [0.2, 0.25) is 0 Å². The van der Waals surface area contributed by atoms with Crippen molar-refractivity contribution in [2.75, 3.05) is 13.1 Å². The summed E-state index contributed by atoms with van der Waals surface area (Å²) in [6.45, 7) is 1.72. The van der Waals surface area contributed by atoms with E-state index in [1.54, 1.807) is 18.2 Å². The molecule has 1 fully saturated rings. The molecule has 0 N–H and O–H groups in total. The summed E-state index contributed by atoms with van der Waals surface area (Å²) >= 11 is 10.1. The van der Waals surface area contributed by atoms with E-state index in [1.165, 1.54) is 0 Å². The van der Waals surface area contributed by atoms with Crippen LogP contribution in [0.15, 0.2) is 23.1 Å². The maximum absolute atomic E-state index is 12.0. The molecule has 2 rings (SSSR count). The van der Waals surface area contributed by atoms with Crippen molar-refractivity contribution in [3.8, 4) is 0 Å². The summed E-state index contributed by atoms with van der Waals surface area (Å²) < 4.78 is 0. The van der Waals surface area contributed by atoms with Crippen LogP contribution in [0, 0.1) is 0 Å². The second kappa shape index (κ2) is 4.45. The highest BCUT2D eigenvalue weighted by Crippen LogP contribution is 2.22. The molecule has 1 heterocycles. The van der Waals surface area contributed by atoms with Gasteiger partial charge in [0.15, 0.2) is 0 Å². The summed E-state index contributed by atoms with van der Waals surface area (Å²) in [5.41, 5.74) is 0.653. The van der Waals surface area contributed by atoms with Gasteiger partial charge in [0.05, 0.1) is 5.02 Å². The Hall–Kier alpha value is -0.670. The van der Waals surface area contributed by atoms with E-state index in [9.17, 15) is 4.79 Å². The van der Waals surface area contributed by atoms with Crippen LogP contribution in [-0.4, -0.2) is 23.9 Å². The quantitative estimate of drug-likeness (QED) is 0.750. The lowest BCUT2D eigenvalue weighted by Crippen LogP contribution is -2.27. The van der Waals surface area contributed by atoms with Crippen LogP contribution in [0.25, 0.3) is 0 Å². The highest BCUT2D eigenvalue weighted by Gasteiger charge is 2.19. The van der Waals surface area contributed by atoms with Crippen molar-refractivity contribution in [2.24, 2.45) is 0 Å². The zero-order chi connectivity index (χ0) is 10.8. The first kappa shape index (κ1) is 10.8. The maximum Gasteiger partial charge on any atom is 0.253 e. The summed E-state index contributed by atoms with van der Waals surface area (Å²) in [5, 5.41) is 0.531. The van der Waals surface area contributed by atoms with Crippen LogP contribution >= 0.6 is 24.2 Å². The lowest BCUT2D eigenvalue weighted by atomic mass is 10.2. The molecule has 0 saturated carbocycles. The van der Waals surface area contributed by atoms with E-state index in [1.807, 2.05) is 4.90 Å². The number of halogens is 1. The van der Waals surface area contributed by atoms with Crippen LogP contribution in [0.3, 0.4) is 0 Å². The molecule has 1 amide bonds. The molecule has 2 nitrogen and oxygen atoms in total. The SMILES string of the molecule is O=C(c1ccc(S)c(Cl)c1)N1CCCC1. The number of likely N-dealkylation sites (tertiary alicyclic amines) is 1. The lowest BCUT2D eigenvalue weighted by Gasteiger charge is -2.15. The maximum atomic E-state index is 12.0. The normalized spacial score (nSPS) is 15.7. The van der Waals surface area contributed by atoms with E-state index < -0.39 is 0 Å². The highest BCUT2D eigenvalue weighted by atomic mass is 35.5. The second-order valence-electron chi connectivity index (χ2n) is 3.67. The molecule has 15 heavy (non-hydrogen) atoms. The number of hydrogen-bond donors (Lipinski definition) is 1. The molecule has 0 unspecified atom stereocenters. The molecule has 4 heteroatoms. The Morgan fingerprint density at radius 1 is 1.33 bits per heavy atom. The molecule has 1 aliphatic rings. The van der Waals surface area contributed by atoms with Crippen molar-refractivity contribution >= 4 is 30.1 Å². The average molecular weight is 242 g/mol. The second-order valence-corrected chi connectivity index (χ2v) is 4.55. The monoisotopic (exact) mass is 241 g/mol. The van der Waals surface area contributed by atoms with Crippen LogP contribution in [0.1, 0.15) is 23.2 Å². The smallest absolute Gasteiger partial charge is 0.253 e. The molecular formula is C11H12ClNOS. The van der Waals surface area contributed by atoms with Crippen LogP contribution < -0.4 is 0 Å². The van der Waals surface area contributed by atoms with Crippen LogP contribution in [0.4, 0.5) is 0 Å². The Morgan fingerprint density at radius 2 is 2.00 bits per heavy atom. The molecule has 0 spiro atoms. The highest BCUT2D eigenvalue weighted by molar-refractivity contribution is 7.80. The van der Waals surface area contributed by atoms with E-state index in [-0.39, 0.29) is 5.91 Å². The third-order valence-electron chi connectivity index (χ3n) is 2.59. The third kappa shape index (κ3) is 2.29. The molecule has 0 bridgehead atoms. The Kier molecular flexibility index (Phi) is 3.22. The summed E-state index contributed by atoms with van der Waals surface area (Å²) in [6, 6.07) is 5.22. The summed E-state index contributed by atoms with van der Waals surface area (Å²) in [4.78, 5) is 14.5. The molecule has 0 aromatic heterocycles. The lowest BCUT2D eigenvalue weighted by molar-refractivity contribution is 0.0793. The van der Waals surface area contributed by atoms with Gasteiger partial charge in [-0.25, -0.2) is 0 Å². The Bertz CT molecular complexity index is 388. The van der Waals surface area contributed by atoms with E-state index in [0.29, 0.717) is 15.5 Å². The molecular weight excluding hydrogens is 230 g/mol. The number of carbonyl (C=O) groups is 1. The number of benzene rings is 1. The van der Waals surface area contributed by atoms with Gasteiger partial charge in [-0.05, 0) is 31.0 Å². The minimum atomic E-state index is 0.0720. The number of nitrogens with zero attached hydrogens (tertiary/aromatic N) is 1. The number of carbonyl (C=O) groups excluding carboxylic acids is 1. The minimum Gasteiger partial charge on any atom is -0.339 e. The zero-order valence-corrected chi connectivity index (χ0v) is 9.89. The zero-order valence-electron chi connectivity index (χ0n) is 8.24. The van der Waals surface area contributed by atoms with Gasteiger partial charge >= 0.3 is 0 Å². The predicted molar refractivity (Wildman–Crippen MR) is 63.8 cm³/mol. The van der Waals surface area contributed by atoms with Crippen molar-refractivity contribution in [3.63, 3.8) is 0 Å². The van der Waals surface area contributed by atoms with Gasteiger partial charge in [-0.3, -0.25) is 4.79 Å². The third-order valence-corrected chi connectivity index (χ3v) is 3.42. The number of thiol groups is 1. The van der Waals surface area contributed by atoms with Crippen LogP contribution in [0.5, 0.6) is 0 Å². The van der Waals surface area contributed by atoms with Crippen molar-refractivity contribution in [2.45, 2.75) is 17.7 Å². The Morgan fingerprint density at radius 3 is 2.60 bits per heavy atom. The van der Waals surface area contributed by atoms with Crippen LogP contribution in [-0.2, 0) is 0 Å². The molecule has 1 saturated heterocycles. The number of hydrogen-bond acceptors (Lipinski definition) is 2. The molecule has 0 radical (unpaired) electrons. The fourth-order valence-electron chi connectivity index (χ4n) is 1.74. The number of rotatable bonds is 1. The predicted octanol–water partition coefficient (Wildman–Crippen LogP) is 2.86. The van der Waals surface area contributed by atoms with Gasteiger partial charge in [-0.1, -0.05) is 11.6 Å². The molecule has 1 aliphatic heterocycles. The minimum absolute atomic E-state index is 0.0720. The number of amides is 1. The average Bonchev–Trinajstić information content (AvgIpc) is 2.74. The topological polar surface area (TPSA) is 20.3 Å². The fraction of sp³-hybridized carbons (Fsp3) is 0.364. The molecule has 1 aromatic carbocycles. The Labute approximate surface area is 99.6 Å². The van der Waals surface area contributed by atoms with Gasteiger partial charge in [0, 0.05) is 23.5 Å². The van der Waals surface area contributed by atoms with Gasteiger partial charge in [-0.15, -0.1) is 12.6 Å². The van der Waals surface area contributed by atoms with E-state index >= 15 is 0 Å². The van der Waals surface area contributed by atoms with Crippen molar-refractivity contribution in [1.29, 1.82) is 0 Å². The van der Waals surface area contributed by atoms with Gasteiger partial charge in [0.1, 0.15) is 0 Å². The van der Waals surface area contributed by atoms with E-state index in [0.717, 1.165) is 25.9 Å². The molecule has 0 atom stereocenters. The fourth-order valence-corrected chi connectivity index (χ4v) is 2.06. The van der Waals surface area contributed by atoms with Crippen LogP contribution in [0.2, 0.25) is 5.02 Å². The first-order chi connectivity index (χ1) is 7.18. The summed E-state index contributed by atoms with van der Waals surface area (Å²) in [7, 11) is 0. The van der Waals surface area contributed by atoms with E-state index in [2.05, 4.69) is 12.6 Å². The van der Waals surface area contributed by atoms with Gasteiger partial charge < -0.3 is 4.90 Å². The van der Waals surface area contributed by atoms with E-state index in [4.69, 9.17) is 11.6 Å². The van der Waals surface area contributed by atoms with Gasteiger partial charge in [0.25, 0.3) is 5.91 Å². The van der Waals surface area contributed by atoms with Crippen molar-refractivity contribution in [3.05, 3.63) is 28.8 Å². The van der Waals surface area contributed by atoms with Gasteiger partial charge in [-0.2, -0.15) is 0 Å².